The van der Waals surface area contributed by atoms with Crippen molar-refractivity contribution < 1.29 is 9.94 Å². The fourth-order valence-corrected chi connectivity index (χ4v) is 0.907. The van der Waals surface area contributed by atoms with Crippen molar-refractivity contribution in [3.63, 3.8) is 0 Å². The van der Waals surface area contributed by atoms with Gasteiger partial charge in [-0.1, -0.05) is 0 Å². The minimum absolute atomic E-state index is 0.0409. The first kappa shape index (κ1) is 7.65. The molecular weight excluding hydrogens is 146 g/mol. The third kappa shape index (κ3) is 1.34. The van der Waals surface area contributed by atoms with Gasteiger partial charge in [0.15, 0.2) is 0 Å². The van der Waals surface area contributed by atoms with Crippen LogP contribution in [0.2, 0.25) is 0 Å². The first-order valence-electron chi connectivity index (χ1n) is 3.12. The molecule has 60 valence electrons. The molecule has 0 aliphatic carbocycles. The second-order valence-corrected chi connectivity index (χ2v) is 2.17. The van der Waals surface area contributed by atoms with E-state index in [1.807, 2.05) is 0 Å². The van der Waals surface area contributed by atoms with Crippen molar-refractivity contribution in [2.24, 2.45) is 0 Å². The maximum Gasteiger partial charge on any atom is 0.286 e. The predicted molar refractivity (Wildman–Crippen MR) is 39.6 cm³/mol. The molecule has 1 aromatic heterocycles. The Hall–Kier alpha value is -1.45. The van der Waals surface area contributed by atoms with Gasteiger partial charge in [0.2, 0.25) is 0 Å². The molecule has 0 saturated heterocycles. The van der Waals surface area contributed by atoms with E-state index in [0.29, 0.717) is 5.69 Å². The topological polar surface area (TPSA) is 51.5 Å². The van der Waals surface area contributed by atoms with Crippen molar-refractivity contribution in [3.05, 3.63) is 28.2 Å². The smallest absolute Gasteiger partial charge is 0.286 e. The van der Waals surface area contributed by atoms with E-state index in [1.54, 1.807) is 6.92 Å². The molecule has 0 aromatic carbocycles. The molecule has 0 saturated carbocycles. The average Bonchev–Trinajstić information content (AvgIpc) is 1.85. The van der Waals surface area contributed by atoms with Gasteiger partial charge < -0.3 is 9.94 Å². The monoisotopic (exact) mass is 155 g/mol. The Bertz CT molecular complexity index is 316. The van der Waals surface area contributed by atoms with Crippen molar-refractivity contribution in [1.82, 2.24) is 4.73 Å². The second kappa shape index (κ2) is 2.65. The summed E-state index contributed by atoms with van der Waals surface area (Å²) in [5.74, 6) is -0.0409. The first-order valence-corrected chi connectivity index (χ1v) is 3.12. The van der Waals surface area contributed by atoms with Crippen LogP contribution in [0.1, 0.15) is 5.69 Å². The lowest BCUT2D eigenvalue weighted by Crippen LogP contribution is -2.25. The maximum atomic E-state index is 11.0. The van der Waals surface area contributed by atoms with Crippen LogP contribution in [0.5, 0.6) is 5.75 Å². The van der Waals surface area contributed by atoms with Crippen LogP contribution >= 0.6 is 0 Å². The van der Waals surface area contributed by atoms with Gasteiger partial charge in [-0.05, 0) is 6.92 Å². The lowest BCUT2D eigenvalue weighted by atomic mass is 10.3. The number of aromatic nitrogens is 1. The average molecular weight is 155 g/mol. The number of aromatic hydroxyl groups is 1. The molecule has 1 rings (SSSR count). The highest BCUT2D eigenvalue weighted by Crippen LogP contribution is 2.04. The molecule has 0 aliphatic heterocycles. The van der Waals surface area contributed by atoms with E-state index >= 15 is 0 Å². The molecule has 1 N–H and O–H groups in total. The number of pyridine rings is 1. The summed E-state index contributed by atoms with van der Waals surface area (Å²) in [6.45, 7) is 1.67. The van der Waals surface area contributed by atoms with Crippen LogP contribution in [0.4, 0.5) is 0 Å². The minimum atomic E-state index is -0.370. The van der Waals surface area contributed by atoms with E-state index in [2.05, 4.69) is 0 Å². The lowest BCUT2D eigenvalue weighted by molar-refractivity contribution is 0.150. The van der Waals surface area contributed by atoms with E-state index in [0.717, 1.165) is 10.8 Å². The third-order valence-corrected chi connectivity index (χ3v) is 1.33. The van der Waals surface area contributed by atoms with Crippen molar-refractivity contribution >= 4 is 0 Å². The molecule has 0 radical (unpaired) electrons. The molecule has 4 nitrogen and oxygen atoms in total. The van der Waals surface area contributed by atoms with Crippen molar-refractivity contribution in [2.45, 2.75) is 6.92 Å². The summed E-state index contributed by atoms with van der Waals surface area (Å²) < 4.78 is 1.10. The Kier molecular flexibility index (Phi) is 1.85. The Morgan fingerprint density at radius 2 is 2.18 bits per heavy atom. The fraction of sp³-hybridized carbons (Fsp3) is 0.286. The van der Waals surface area contributed by atoms with Gasteiger partial charge in [0.1, 0.15) is 12.9 Å². The number of hydrogen-bond acceptors (Lipinski definition) is 3. The van der Waals surface area contributed by atoms with Crippen molar-refractivity contribution in [2.75, 3.05) is 7.11 Å². The zero-order valence-corrected chi connectivity index (χ0v) is 6.37. The van der Waals surface area contributed by atoms with Crippen LogP contribution in [0.15, 0.2) is 16.9 Å². The normalized spacial score (nSPS) is 9.64. The summed E-state index contributed by atoms with van der Waals surface area (Å²) in [7, 11) is 1.39. The third-order valence-electron chi connectivity index (χ3n) is 1.33. The molecular formula is C7H9NO3. The molecule has 0 aliphatic rings. The zero-order chi connectivity index (χ0) is 8.43. The number of rotatable bonds is 1. The number of aryl methyl sites for hydroxylation is 1. The van der Waals surface area contributed by atoms with Gasteiger partial charge in [-0.25, -0.2) is 0 Å². The van der Waals surface area contributed by atoms with Gasteiger partial charge >= 0.3 is 0 Å². The fourth-order valence-electron chi connectivity index (χ4n) is 0.907. The summed E-state index contributed by atoms with van der Waals surface area (Å²) in [5.41, 5.74) is 0.197. The van der Waals surface area contributed by atoms with E-state index < -0.39 is 0 Å². The second-order valence-electron chi connectivity index (χ2n) is 2.17. The minimum Gasteiger partial charge on any atom is -0.508 e. The molecule has 0 bridgehead atoms. The predicted octanol–water partition coefficient (Wildman–Crippen LogP) is -0.0793. The van der Waals surface area contributed by atoms with Gasteiger partial charge in [0, 0.05) is 12.1 Å². The highest BCUT2D eigenvalue weighted by Gasteiger charge is 2.00. The maximum absolute atomic E-state index is 11.0. The van der Waals surface area contributed by atoms with Gasteiger partial charge in [-0.15, -0.1) is 4.73 Å². The van der Waals surface area contributed by atoms with Crippen LogP contribution in [-0.4, -0.2) is 16.9 Å². The summed E-state index contributed by atoms with van der Waals surface area (Å²) in [6.07, 6.45) is 0. The van der Waals surface area contributed by atoms with Gasteiger partial charge in [0.25, 0.3) is 5.56 Å². The summed E-state index contributed by atoms with van der Waals surface area (Å²) in [5, 5.41) is 8.94. The largest absolute Gasteiger partial charge is 0.508 e. The molecule has 0 unspecified atom stereocenters. The first-order chi connectivity index (χ1) is 5.15. The van der Waals surface area contributed by atoms with Crippen LogP contribution in [0.3, 0.4) is 0 Å². The highest BCUT2D eigenvalue weighted by molar-refractivity contribution is 5.20. The number of hydrogen-bond donors (Lipinski definition) is 1. The number of nitrogens with zero attached hydrogens (tertiary/aromatic N) is 1. The standard InChI is InChI=1S/C7H9NO3/c1-5-3-6(9)4-7(10)8(5)11-2/h3-4,9H,1-2H3. The molecule has 0 amide bonds. The van der Waals surface area contributed by atoms with E-state index in [9.17, 15) is 4.79 Å². The van der Waals surface area contributed by atoms with Crippen LogP contribution < -0.4 is 10.4 Å². The Labute approximate surface area is 63.6 Å². The zero-order valence-electron chi connectivity index (χ0n) is 6.37. The van der Waals surface area contributed by atoms with Gasteiger partial charge in [-0.2, -0.15) is 0 Å². The molecule has 0 atom stereocenters. The van der Waals surface area contributed by atoms with Crippen LogP contribution in [0.25, 0.3) is 0 Å². The van der Waals surface area contributed by atoms with E-state index in [1.165, 1.54) is 13.2 Å². The summed E-state index contributed by atoms with van der Waals surface area (Å²) in [4.78, 5) is 15.7. The van der Waals surface area contributed by atoms with Gasteiger partial charge in [-0.3, -0.25) is 4.79 Å². The summed E-state index contributed by atoms with van der Waals surface area (Å²) in [6, 6.07) is 2.54. The van der Waals surface area contributed by atoms with E-state index in [-0.39, 0.29) is 11.3 Å². The molecule has 0 spiro atoms. The lowest BCUT2D eigenvalue weighted by Gasteiger charge is -2.05. The SMILES string of the molecule is COn1c(C)cc(O)cc1=O. The van der Waals surface area contributed by atoms with Crippen molar-refractivity contribution in [3.8, 4) is 5.75 Å². The molecule has 0 fully saturated rings. The van der Waals surface area contributed by atoms with Crippen LogP contribution in [-0.2, 0) is 0 Å². The summed E-state index contributed by atoms with van der Waals surface area (Å²) >= 11 is 0. The van der Waals surface area contributed by atoms with Crippen molar-refractivity contribution in [1.29, 1.82) is 0 Å². The quantitative estimate of drug-likeness (QED) is 0.617. The molecule has 1 heterocycles. The molecule has 4 heteroatoms. The molecule has 11 heavy (non-hydrogen) atoms. The molecule has 1 aromatic rings. The Balaban J connectivity index is 3.37. The Morgan fingerprint density at radius 1 is 1.55 bits per heavy atom. The van der Waals surface area contributed by atoms with Crippen LogP contribution in [0, 0.1) is 6.92 Å². The highest BCUT2D eigenvalue weighted by atomic mass is 16.6. The Morgan fingerprint density at radius 3 is 2.64 bits per heavy atom. The van der Waals surface area contributed by atoms with Gasteiger partial charge in [0.05, 0.1) is 5.69 Å². The van der Waals surface area contributed by atoms with E-state index in [4.69, 9.17) is 9.94 Å².